The summed E-state index contributed by atoms with van der Waals surface area (Å²) in [5.74, 6) is -0.871. The molecule has 0 aliphatic heterocycles. The third kappa shape index (κ3) is 2.93. The van der Waals surface area contributed by atoms with Gasteiger partial charge in [-0.1, -0.05) is 0 Å². The van der Waals surface area contributed by atoms with E-state index >= 15 is 0 Å². The molecule has 4 unspecified atom stereocenters. The molecule has 0 rings (SSSR count). The van der Waals surface area contributed by atoms with Gasteiger partial charge in [-0.05, 0) is 20.8 Å². The molecule has 102 valence electrons. The quantitative estimate of drug-likeness (QED) is 0.307. The third-order valence-electron chi connectivity index (χ3n) is 3.37. The van der Waals surface area contributed by atoms with E-state index in [0.29, 0.717) is 0 Å². The van der Waals surface area contributed by atoms with Gasteiger partial charge in [0.25, 0.3) is 0 Å². The number of carbonyl (C=O) groups is 1. The maximum atomic E-state index is 10.8. The smallest absolute Gasteiger partial charge is 0.220 e. The van der Waals surface area contributed by atoms with Crippen LogP contribution >= 0.6 is 0 Å². The minimum absolute atomic E-state index is 0.603. The van der Waals surface area contributed by atoms with Crippen LogP contribution in [0.5, 0.6) is 0 Å². The lowest BCUT2D eigenvalue weighted by Crippen LogP contribution is -2.69. The number of hydrogen-bond donors (Lipinski definition) is 6. The van der Waals surface area contributed by atoms with Crippen molar-refractivity contribution in [2.24, 2.45) is 5.73 Å². The highest BCUT2D eigenvalue weighted by Gasteiger charge is 2.57. The molecular weight excluding hydrogens is 230 g/mol. The zero-order valence-corrected chi connectivity index (χ0v) is 10.2. The molecule has 0 radical (unpaired) electrons. The second-order valence-corrected chi connectivity index (χ2v) is 4.84. The first-order valence-electron chi connectivity index (χ1n) is 5.14. The number of rotatable bonds is 6. The summed E-state index contributed by atoms with van der Waals surface area (Å²) in [4.78, 5) is 10.8. The zero-order valence-electron chi connectivity index (χ0n) is 10.2. The summed E-state index contributed by atoms with van der Waals surface area (Å²) in [5, 5.41) is 48.3. The van der Waals surface area contributed by atoms with Gasteiger partial charge >= 0.3 is 0 Å². The molecule has 4 atom stereocenters. The number of primary amides is 1. The van der Waals surface area contributed by atoms with Crippen LogP contribution < -0.4 is 5.73 Å². The van der Waals surface area contributed by atoms with Crippen LogP contribution in [-0.2, 0) is 4.79 Å². The van der Waals surface area contributed by atoms with Crippen molar-refractivity contribution < 1.29 is 30.3 Å². The molecule has 0 aliphatic rings. The van der Waals surface area contributed by atoms with Crippen molar-refractivity contribution in [1.82, 2.24) is 0 Å². The first-order chi connectivity index (χ1) is 7.40. The van der Waals surface area contributed by atoms with Crippen molar-refractivity contribution in [3.63, 3.8) is 0 Å². The van der Waals surface area contributed by atoms with Gasteiger partial charge in [0.1, 0.15) is 22.9 Å². The van der Waals surface area contributed by atoms with Crippen LogP contribution in [0.1, 0.15) is 27.2 Å². The maximum Gasteiger partial charge on any atom is 0.220 e. The van der Waals surface area contributed by atoms with Gasteiger partial charge in [-0.3, -0.25) is 4.79 Å². The largest absolute Gasteiger partial charge is 0.394 e. The van der Waals surface area contributed by atoms with E-state index in [1.807, 2.05) is 0 Å². The number of hydrogen-bond acceptors (Lipinski definition) is 6. The third-order valence-corrected chi connectivity index (χ3v) is 3.37. The lowest BCUT2D eigenvalue weighted by atomic mass is 9.69. The van der Waals surface area contributed by atoms with Crippen LogP contribution in [0.25, 0.3) is 0 Å². The molecule has 0 aliphatic carbocycles. The molecule has 0 aromatic carbocycles. The Morgan fingerprint density at radius 3 is 1.94 bits per heavy atom. The minimum atomic E-state index is -2.25. The normalized spacial score (nSPS) is 24.2. The van der Waals surface area contributed by atoms with Crippen molar-refractivity contribution in [3.05, 3.63) is 0 Å². The Labute approximate surface area is 99.5 Å². The molecular formula is C10H21NO6. The fraction of sp³-hybridized carbons (Fsp3) is 0.900. The molecule has 0 saturated heterocycles. The maximum absolute atomic E-state index is 10.8. The predicted molar refractivity (Wildman–Crippen MR) is 58.8 cm³/mol. The monoisotopic (exact) mass is 251 g/mol. The molecule has 7 N–H and O–H groups in total. The fourth-order valence-corrected chi connectivity index (χ4v) is 1.56. The topological polar surface area (TPSA) is 144 Å². The summed E-state index contributed by atoms with van der Waals surface area (Å²) in [7, 11) is 0. The van der Waals surface area contributed by atoms with Crippen molar-refractivity contribution in [2.45, 2.75) is 50.1 Å². The Hall–Kier alpha value is -0.730. The predicted octanol–water partition coefficient (Wildman–Crippen LogP) is -2.53. The van der Waals surface area contributed by atoms with Gasteiger partial charge in [0.05, 0.1) is 13.0 Å². The molecule has 0 fully saturated rings. The van der Waals surface area contributed by atoms with E-state index in [4.69, 9.17) is 10.8 Å². The standard InChI is InChI=1S/C10H21NO6/c1-8(15,4-7(11)14)10(3,17)9(2,16)6(13)5-12/h6,12-13,15-17H,4-5H2,1-3H3,(H2,11,14). The highest BCUT2D eigenvalue weighted by molar-refractivity contribution is 5.75. The highest BCUT2D eigenvalue weighted by atomic mass is 16.4. The zero-order chi connectivity index (χ0) is 14.1. The van der Waals surface area contributed by atoms with Crippen molar-refractivity contribution in [3.8, 4) is 0 Å². The van der Waals surface area contributed by atoms with E-state index in [1.54, 1.807) is 0 Å². The van der Waals surface area contributed by atoms with Gasteiger partial charge in [-0.15, -0.1) is 0 Å². The molecule has 17 heavy (non-hydrogen) atoms. The van der Waals surface area contributed by atoms with Crippen LogP contribution in [0.3, 0.4) is 0 Å². The van der Waals surface area contributed by atoms with Crippen LogP contribution in [0.15, 0.2) is 0 Å². The second kappa shape index (κ2) is 4.87. The Bertz CT molecular complexity index is 287. The first-order valence-corrected chi connectivity index (χ1v) is 5.14. The van der Waals surface area contributed by atoms with E-state index in [-0.39, 0.29) is 0 Å². The van der Waals surface area contributed by atoms with Gasteiger partial charge in [0, 0.05) is 0 Å². The van der Waals surface area contributed by atoms with E-state index < -0.39 is 41.8 Å². The number of aliphatic hydroxyl groups excluding tert-OH is 2. The van der Waals surface area contributed by atoms with Gasteiger partial charge in [-0.2, -0.15) is 0 Å². The molecule has 7 nitrogen and oxygen atoms in total. The van der Waals surface area contributed by atoms with E-state index in [1.165, 1.54) is 0 Å². The molecule has 0 spiro atoms. The second-order valence-electron chi connectivity index (χ2n) is 4.84. The molecule has 0 heterocycles. The Kier molecular flexibility index (Phi) is 4.66. The van der Waals surface area contributed by atoms with Gasteiger partial charge in [0.15, 0.2) is 0 Å². The van der Waals surface area contributed by atoms with E-state index in [9.17, 15) is 25.2 Å². The lowest BCUT2D eigenvalue weighted by molar-refractivity contribution is -0.258. The van der Waals surface area contributed by atoms with Crippen LogP contribution in [-0.4, -0.2) is 61.0 Å². The minimum Gasteiger partial charge on any atom is -0.394 e. The Morgan fingerprint density at radius 2 is 1.65 bits per heavy atom. The fourth-order valence-electron chi connectivity index (χ4n) is 1.56. The van der Waals surface area contributed by atoms with E-state index in [0.717, 1.165) is 20.8 Å². The highest BCUT2D eigenvalue weighted by Crippen LogP contribution is 2.36. The summed E-state index contributed by atoms with van der Waals surface area (Å²) in [6, 6.07) is 0. The number of aliphatic hydroxyl groups is 5. The molecule has 7 heteroatoms. The molecule has 0 saturated carbocycles. The number of amides is 1. The Balaban J connectivity index is 5.30. The summed E-state index contributed by atoms with van der Waals surface area (Å²) >= 11 is 0. The summed E-state index contributed by atoms with van der Waals surface area (Å²) in [5.41, 5.74) is -1.61. The van der Waals surface area contributed by atoms with Crippen LogP contribution in [0.2, 0.25) is 0 Å². The van der Waals surface area contributed by atoms with E-state index in [2.05, 4.69) is 0 Å². The summed E-state index contributed by atoms with van der Waals surface area (Å²) in [6.07, 6.45) is -2.29. The van der Waals surface area contributed by atoms with Crippen LogP contribution in [0, 0.1) is 0 Å². The number of nitrogens with two attached hydrogens (primary N) is 1. The lowest BCUT2D eigenvalue weighted by Gasteiger charge is -2.48. The summed E-state index contributed by atoms with van der Waals surface area (Å²) in [6.45, 7) is 2.39. The average Bonchev–Trinajstić information content (AvgIpc) is 2.13. The van der Waals surface area contributed by atoms with Crippen molar-refractivity contribution >= 4 is 5.91 Å². The summed E-state index contributed by atoms with van der Waals surface area (Å²) < 4.78 is 0. The molecule has 0 aromatic rings. The SMILES string of the molecule is CC(O)(CC(N)=O)C(C)(O)C(C)(O)C(O)CO. The van der Waals surface area contributed by atoms with Crippen molar-refractivity contribution in [1.29, 1.82) is 0 Å². The molecule has 1 amide bonds. The van der Waals surface area contributed by atoms with Gasteiger partial charge < -0.3 is 31.3 Å². The first kappa shape index (κ1) is 16.3. The van der Waals surface area contributed by atoms with Crippen molar-refractivity contribution in [2.75, 3.05) is 6.61 Å². The average molecular weight is 251 g/mol. The number of carbonyl (C=O) groups excluding carboxylic acids is 1. The molecule has 0 aromatic heterocycles. The van der Waals surface area contributed by atoms with Crippen LogP contribution in [0.4, 0.5) is 0 Å². The van der Waals surface area contributed by atoms with Gasteiger partial charge in [-0.25, -0.2) is 0 Å². The Morgan fingerprint density at radius 1 is 1.24 bits per heavy atom. The van der Waals surface area contributed by atoms with Gasteiger partial charge in [0.2, 0.25) is 5.91 Å². The molecule has 0 bridgehead atoms.